The van der Waals surface area contributed by atoms with Gasteiger partial charge in [-0.1, -0.05) is 17.5 Å². The molecule has 140 valence electrons. The number of esters is 1. The molecular formula is C18H15ClN2O6. The van der Waals surface area contributed by atoms with E-state index in [9.17, 15) is 19.5 Å². The van der Waals surface area contributed by atoms with Gasteiger partial charge in [-0.05, 0) is 24.3 Å². The molecule has 0 aliphatic carbocycles. The van der Waals surface area contributed by atoms with Crippen LogP contribution < -0.4 is 11.2 Å². The third kappa shape index (κ3) is 4.11. The van der Waals surface area contributed by atoms with E-state index in [0.29, 0.717) is 10.6 Å². The first kappa shape index (κ1) is 18.9. The van der Waals surface area contributed by atoms with Gasteiger partial charge < -0.3 is 14.6 Å². The molecule has 2 heterocycles. The summed E-state index contributed by atoms with van der Waals surface area (Å²) in [7, 11) is 0. The van der Waals surface area contributed by atoms with Gasteiger partial charge in [-0.2, -0.15) is 0 Å². The number of aliphatic hydroxyl groups is 1. The zero-order valence-electron chi connectivity index (χ0n) is 13.9. The van der Waals surface area contributed by atoms with E-state index >= 15 is 0 Å². The van der Waals surface area contributed by atoms with Crippen LogP contribution in [-0.2, 0) is 9.47 Å². The van der Waals surface area contributed by atoms with Crippen LogP contribution in [0.25, 0.3) is 0 Å². The Hall–Kier alpha value is -2.86. The van der Waals surface area contributed by atoms with E-state index in [-0.39, 0.29) is 18.6 Å². The lowest BCUT2D eigenvalue weighted by molar-refractivity contribution is -0.0532. The molecule has 0 spiro atoms. The summed E-state index contributed by atoms with van der Waals surface area (Å²) in [5.41, 5.74) is -1.12. The summed E-state index contributed by atoms with van der Waals surface area (Å²) in [6.07, 6.45) is 3.83. The third-order valence-corrected chi connectivity index (χ3v) is 4.35. The van der Waals surface area contributed by atoms with Crippen molar-refractivity contribution in [1.82, 2.24) is 9.55 Å². The molecule has 3 atom stereocenters. The number of hydrogen-bond donors (Lipinski definition) is 2. The highest BCUT2D eigenvalue weighted by Crippen LogP contribution is 2.28. The van der Waals surface area contributed by atoms with E-state index in [1.807, 2.05) is 0 Å². The van der Waals surface area contributed by atoms with Crippen LogP contribution in [0.2, 0.25) is 5.02 Å². The number of nitrogens with one attached hydrogen (secondary N) is 1. The standard InChI is InChI=1S/C18H15ClN2O6/c1-2-10-8-21(18(25)20-16(10)23)15-7-13(22)14(27-15)9-26-17(24)11-3-5-12(19)6-4-11/h1,3-6,8,13-15,22H,7,9H2,(H,20,23,25)/t13?,14-,15-/m0/s1. The van der Waals surface area contributed by atoms with Gasteiger partial charge in [0.05, 0.1) is 11.7 Å². The van der Waals surface area contributed by atoms with Crippen molar-refractivity contribution >= 4 is 17.6 Å². The van der Waals surface area contributed by atoms with Crippen LogP contribution in [0.4, 0.5) is 0 Å². The van der Waals surface area contributed by atoms with Crippen LogP contribution in [0.15, 0.2) is 40.1 Å². The number of nitrogens with zero attached hydrogens (tertiary/aromatic N) is 1. The number of aromatic nitrogens is 2. The van der Waals surface area contributed by atoms with Crippen LogP contribution in [0.1, 0.15) is 28.6 Å². The van der Waals surface area contributed by atoms with Gasteiger partial charge in [-0.25, -0.2) is 9.59 Å². The number of carbonyl (C=O) groups is 1. The van der Waals surface area contributed by atoms with Crippen molar-refractivity contribution in [3.05, 3.63) is 67.4 Å². The SMILES string of the molecule is C#Cc1cn([C@@H]2CC(O)[C@H](COC(=O)c3ccc(Cl)cc3)O2)c(=O)[nH]c1=O. The van der Waals surface area contributed by atoms with Gasteiger partial charge in [0.2, 0.25) is 0 Å². The van der Waals surface area contributed by atoms with Crippen LogP contribution in [0.3, 0.4) is 0 Å². The molecule has 8 nitrogen and oxygen atoms in total. The van der Waals surface area contributed by atoms with Crippen molar-refractivity contribution in [3.63, 3.8) is 0 Å². The lowest BCUT2D eigenvalue weighted by atomic mass is 10.2. The summed E-state index contributed by atoms with van der Waals surface area (Å²) >= 11 is 5.77. The fraction of sp³-hybridized carbons (Fsp3) is 0.278. The molecule has 1 saturated heterocycles. The van der Waals surface area contributed by atoms with Crippen molar-refractivity contribution in [3.8, 4) is 12.3 Å². The third-order valence-electron chi connectivity index (χ3n) is 4.10. The molecular weight excluding hydrogens is 376 g/mol. The Kier molecular flexibility index (Phi) is 5.46. The molecule has 1 aromatic heterocycles. The van der Waals surface area contributed by atoms with Crippen molar-refractivity contribution in [1.29, 1.82) is 0 Å². The molecule has 1 aliphatic rings. The van der Waals surface area contributed by atoms with Crippen LogP contribution >= 0.6 is 11.6 Å². The summed E-state index contributed by atoms with van der Waals surface area (Å²) in [4.78, 5) is 37.6. The molecule has 9 heteroatoms. The minimum Gasteiger partial charge on any atom is -0.459 e. The maximum atomic E-state index is 12.0. The van der Waals surface area contributed by atoms with Crippen molar-refractivity contribution < 1.29 is 19.4 Å². The van der Waals surface area contributed by atoms with Crippen LogP contribution in [0.5, 0.6) is 0 Å². The van der Waals surface area contributed by atoms with Gasteiger partial charge in [0.15, 0.2) is 0 Å². The molecule has 1 aliphatic heterocycles. The zero-order valence-corrected chi connectivity index (χ0v) is 14.7. The summed E-state index contributed by atoms with van der Waals surface area (Å²) < 4.78 is 11.9. The minimum absolute atomic E-state index is 0.0368. The molecule has 0 radical (unpaired) electrons. The number of aliphatic hydroxyl groups excluding tert-OH is 1. The number of rotatable bonds is 4. The number of ether oxygens (including phenoxy) is 2. The highest BCUT2D eigenvalue weighted by Gasteiger charge is 2.36. The molecule has 1 aromatic carbocycles. The fourth-order valence-electron chi connectivity index (χ4n) is 2.67. The molecule has 27 heavy (non-hydrogen) atoms. The number of benzene rings is 1. The molecule has 3 rings (SSSR count). The number of H-pyrrole nitrogens is 1. The van der Waals surface area contributed by atoms with E-state index in [2.05, 4.69) is 10.9 Å². The normalized spacial score (nSPS) is 21.6. The second kappa shape index (κ2) is 7.80. The summed E-state index contributed by atoms with van der Waals surface area (Å²) in [6, 6.07) is 6.14. The first-order valence-corrected chi connectivity index (χ1v) is 8.35. The molecule has 2 N–H and O–H groups in total. The molecule has 0 bridgehead atoms. The number of hydrogen-bond acceptors (Lipinski definition) is 6. The van der Waals surface area contributed by atoms with Gasteiger partial charge >= 0.3 is 11.7 Å². The summed E-state index contributed by atoms with van der Waals surface area (Å²) in [5, 5.41) is 10.6. The Morgan fingerprint density at radius 3 is 2.78 bits per heavy atom. The number of aromatic amines is 1. The van der Waals surface area contributed by atoms with Gasteiger partial charge in [-0.3, -0.25) is 14.3 Å². The van der Waals surface area contributed by atoms with Crippen molar-refractivity contribution in [2.75, 3.05) is 6.61 Å². The van der Waals surface area contributed by atoms with Gasteiger partial charge in [-0.15, -0.1) is 6.42 Å². The minimum atomic E-state index is -0.971. The highest BCUT2D eigenvalue weighted by molar-refractivity contribution is 6.30. The average Bonchev–Trinajstić information content (AvgIpc) is 3.01. The Balaban J connectivity index is 1.67. The smallest absolute Gasteiger partial charge is 0.338 e. The van der Waals surface area contributed by atoms with Gasteiger partial charge in [0.25, 0.3) is 5.56 Å². The van der Waals surface area contributed by atoms with E-state index in [1.165, 1.54) is 18.3 Å². The lowest BCUT2D eigenvalue weighted by Gasteiger charge is -2.16. The second-order valence-corrected chi connectivity index (χ2v) is 6.33. The Morgan fingerprint density at radius 1 is 1.41 bits per heavy atom. The molecule has 0 amide bonds. The Morgan fingerprint density at radius 2 is 2.11 bits per heavy atom. The number of terminal acetylenes is 1. The number of halogens is 1. The lowest BCUT2D eigenvalue weighted by Crippen LogP contribution is -2.33. The molecule has 2 aromatic rings. The zero-order chi connectivity index (χ0) is 19.6. The Bertz CT molecular complexity index is 1000. The van der Waals surface area contributed by atoms with Crippen LogP contribution in [0, 0.1) is 12.3 Å². The largest absolute Gasteiger partial charge is 0.459 e. The maximum absolute atomic E-state index is 12.0. The quantitative estimate of drug-likeness (QED) is 0.586. The number of carbonyl (C=O) groups excluding carboxylic acids is 1. The summed E-state index contributed by atoms with van der Waals surface area (Å²) in [6.45, 7) is -0.209. The molecule has 0 saturated carbocycles. The molecule has 1 fully saturated rings. The van der Waals surface area contributed by atoms with Crippen molar-refractivity contribution in [2.24, 2.45) is 0 Å². The van der Waals surface area contributed by atoms with Crippen LogP contribution in [-0.4, -0.2) is 39.4 Å². The summed E-state index contributed by atoms with van der Waals surface area (Å²) in [5.74, 6) is 1.58. The topological polar surface area (TPSA) is 111 Å². The average molecular weight is 391 g/mol. The fourth-order valence-corrected chi connectivity index (χ4v) is 2.79. The van der Waals surface area contributed by atoms with E-state index < -0.39 is 35.7 Å². The second-order valence-electron chi connectivity index (χ2n) is 5.89. The maximum Gasteiger partial charge on any atom is 0.338 e. The first-order chi connectivity index (χ1) is 12.9. The van der Waals surface area contributed by atoms with Gasteiger partial charge in [0.1, 0.15) is 24.5 Å². The predicted octanol–water partition coefficient (Wildman–Crippen LogP) is 0.677. The molecule has 1 unspecified atom stereocenters. The van der Waals surface area contributed by atoms with E-state index in [1.54, 1.807) is 12.1 Å². The first-order valence-electron chi connectivity index (χ1n) is 7.97. The predicted molar refractivity (Wildman–Crippen MR) is 95.5 cm³/mol. The highest BCUT2D eigenvalue weighted by atomic mass is 35.5. The van der Waals surface area contributed by atoms with E-state index in [4.69, 9.17) is 27.5 Å². The Labute approximate surface area is 158 Å². The van der Waals surface area contributed by atoms with Crippen molar-refractivity contribution in [2.45, 2.75) is 24.9 Å². The monoisotopic (exact) mass is 390 g/mol. The van der Waals surface area contributed by atoms with Gasteiger partial charge in [0, 0.05) is 17.6 Å². The van der Waals surface area contributed by atoms with E-state index in [0.717, 1.165) is 4.57 Å².